The summed E-state index contributed by atoms with van der Waals surface area (Å²) in [6.45, 7) is 0.708. The molecule has 0 rings (SSSR count). The number of isocyanates is 3. The number of primary amides is 1. The van der Waals surface area contributed by atoms with E-state index in [1.807, 2.05) is 5.32 Å². The van der Waals surface area contributed by atoms with E-state index < -0.39 is 12.1 Å². The number of nitrogens with two attached hydrogens (primary N) is 1. The van der Waals surface area contributed by atoms with E-state index in [1.54, 1.807) is 0 Å². The summed E-state index contributed by atoms with van der Waals surface area (Å²) >= 11 is 0. The lowest BCUT2D eigenvalue weighted by atomic mass is 10.2. The van der Waals surface area contributed by atoms with Gasteiger partial charge < -0.3 is 16.2 Å². The number of aliphatic hydroxyl groups excluding tert-OH is 1. The number of carbonyl (C=O) groups is 2. The average molecular weight is 332 g/mol. The van der Waals surface area contributed by atoms with Crippen LogP contribution >= 0.6 is 0 Å². The molecule has 8 N–H and O–H groups in total. The first-order chi connectivity index (χ1) is 10.9. The Morgan fingerprint density at radius 2 is 1.30 bits per heavy atom. The number of hydrogen-bond donors (Lipinski definition) is 7. The van der Waals surface area contributed by atoms with Gasteiger partial charge in [-0.25, -0.2) is 40.2 Å². The van der Waals surface area contributed by atoms with Gasteiger partial charge in [0, 0.05) is 13.2 Å². The molecule has 0 unspecified atom stereocenters. The lowest BCUT2D eigenvalue weighted by Gasteiger charge is -2.04. The Morgan fingerprint density at radius 3 is 1.65 bits per heavy atom. The molecule has 0 aliphatic carbocycles. The van der Waals surface area contributed by atoms with Crippen LogP contribution in [0.25, 0.3) is 0 Å². The van der Waals surface area contributed by atoms with Gasteiger partial charge in [-0.15, -0.1) is 0 Å². The number of carbonyl (C=O) groups excluding carboxylic acids is 5. The number of imide groups is 1. The lowest BCUT2D eigenvalue weighted by molar-refractivity contribution is 0.231. The van der Waals surface area contributed by atoms with Crippen LogP contribution < -0.4 is 16.4 Å². The van der Waals surface area contributed by atoms with Crippen LogP contribution in [0.15, 0.2) is 0 Å². The van der Waals surface area contributed by atoms with Crippen LogP contribution in [-0.4, -0.2) is 48.6 Å². The van der Waals surface area contributed by atoms with Gasteiger partial charge in [0.2, 0.25) is 18.2 Å². The molecule has 0 heterocycles. The number of urea groups is 2. The number of aliphatic hydroxyl groups is 1. The van der Waals surface area contributed by atoms with Crippen LogP contribution in [-0.2, 0) is 14.4 Å². The highest BCUT2D eigenvalue weighted by Gasteiger charge is 2.00. The van der Waals surface area contributed by atoms with Gasteiger partial charge in [0.15, 0.2) is 0 Å². The maximum atomic E-state index is 10.8. The lowest BCUT2D eigenvalue weighted by Crippen LogP contribution is -2.42. The Bertz CT molecular complexity index is 367. The smallest absolute Gasteiger partial charge is 0.322 e. The van der Waals surface area contributed by atoms with Crippen molar-refractivity contribution >= 4 is 30.3 Å². The van der Waals surface area contributed by atoms with E-state index in [9.17, 15) is 9.59 Å². The third-order valence-corrected chi connectivity index (χ3v) is 1.61. The molecule has 4 amide bonds. The van der Waals surface area contributed by atoms with Crippen molar-refractivity contribution in [2.75, 3.05) is 13.2 Å². The topological polar surface area (TPSA) is 227 Å². The van der Waals surface area contributed by atoms with Crippen LogP contribution in [0, 0.1) is 16.2 Å². The van der Waals surface area contributed by atoms with Gasteiger partial charge in [-0.2, -0.15) is 0 Å². The summed E-state index contributed by atoms with van der Waals surface area (Å²) in [4.78, 5) is 46.0. The highest BCUT2D eigenvalue weighted by molar-refractivity contribution is 5.92. The third kappa shape index (κ3) is 68.4. The fourth-order valence-electron chi connectivity index (χ4n) is 0.948. The van der Waals surface area contributed by atoms with Crippen LogP contribution in [0.3, 0.4) is 0 Å². The van der Waals surface area contributed by atoms with E-state index >= 15 is 0 Å². The summed E-state index contributed by atoms with van der Waals surface area (Å²) < 4.78 is 0. The Morgan fingerprint density at radius 1 is 0.913 bits per heavy atom. The number of unbranched alkanes of at least 4 members (excludes halogenated alkanes) is 3. The zero-order valence-electron chi connectivity index (χ0n) is 12.3. The highest BCUT2D eigenvalue weighted by Crippen LogP contribution is 1.97. The molecule has 0 bridgehead atoms. The minimum absolute atomic E-state index is 0.204. The molecule has 0 saturated heterocycles. The molecule has 0 aromatic rings. The van der Waals surface area contributed by atoms with Gasteiger partial charge in [-0.3, -0.25) is 5.32 Å². The number of hydrogen-bond acceptors (Lipinski definition) is 9. The van der Waals surface area contributed by atoms with Crippen molar-refractivity contribution in [3.63, 3.8) is 0 Å². The van der Waals surface area contributed by atoms with Crippen LogP contribution in [0.5, 0.6) is 0 Å². The second-order valence-electron chi connectivity index (χ2n) is 3.19. The standard InChI is InChI=1S/C8H17N3O3.3CHNO/c9-7(13)11-8(14)10-5-3-1-2-4-6-12;3*2-1-3/h12H,1-6H2,(H4,9,10,11,13,14);3*2H. The van der Waals surface area contributed by atoms with Gasteiger partial charge >= 0.3 is 12.1 Å². The highest BCUT2D eigenvalue weighted by atomic mass is 16.3. The van der Waals surface area contributed by atoms with Crippen LogP contribution in [0.4, 0.5) is 9.59 Å². The predicted octanol–water partition coefficient (Wildman–Crippen LogP) is -0.380. The van der Waals surface area contributed by atoms with E-state index in [0.29, 0.717) is 6.54 Å². The minimum atomic E-state index is -0.859. The summed E-state index contributed by atoms with van der Waals surface area (Å²) in [6, 6.07) is -1.43. The molecule has 0 aromatic heterocycles. The fourth-order valence-corrected chi connectivity index (χ4v) is 0.948. The molecular weight excluding hydrogens is 312 g/mol. The molecule has 23 heavy (non-hydrogen) atoms. The van der Waals surface area contributed by atoms with Crippen molar-refractivity contribution in [2.24, 2.45) is 5.73 Å². The van der Waals surface area contributed by atoms with E-state index in [4.69, 9.17) is 41.5 Å². The molecule has 0 spiro atoms. The summed E-state index contributed by atoms with van der Waals surface area (Å²) in [5.74, 6) is 0. The summed E-state index contributed by atoms with van der Waals surface area (Å²) in [7, 11) is 0. The zero-order valence-corrected chi connectivity index (χ0v) is 12.3. The van der Waals surface area contributed by atoms with Crippen molar-refractivity contribution in [1.29, 1.82) is 16.2 Å². The quantitative estimate of drug-likeness (QED) is 0.194. The van der Waals surface area contributed by atoms with Gasteiger partial charge in [0.05, 0.1) is 0 Å². The van der Waals surface area contributed by atoms with E-state index in [0.717, 1.165) is 43.9 Å². The minimum Gasteiger partial charge on any atom is -0.396 e. The normalized spacial score (nSPS) is 6.83. The van der Waals surface area contributed by atoms with E-state index in [2.05, 4.69) is 5.32 Å². The molecule has 0 aromatic carbocycles. The van der Waals surface area contributed by atoms with Gasteiger partial charge in [0.25, 0.3) is 0 Å². The molecule has 12 nitrogen and oxygen atoms in total. The Kier molecular flexibility index (Phi) is 38.2. The zero-order chi connectivity index (χ0) is 18.9. The second kappa shape index (κ2) is 31.3. The van der Waals surface area contributed by atoms with Crippen molar-refractivity contribution in [3.05, 3.63) is 0 Å². The monoisotopic (exact) mass is 332 g/mol. The molecular formula is C11H20N6O6. The first-order valence-electron chi connectivity index (χ1n) is 5.98. The van der Waals surface area contributed by atoms with Gasteiger partial charge in [-0.05, 0) is 12.8 Å². The van der Waals surface area contributed by atoms with Gasteiger partial charge in [0.1, 0.15) is 0 Å². The fraction of sp³-hybridized carbons (Fsp3) is 0.545. The molecule has 0 aliphatic rings. The Balaban J connectivity index is -0.000000166. The number of nitrogens with one attached hydrogen (secondary N) is 5. The molecule has 0 aliphatic heterocycles. The second-order valence-corrected chi connectivity index (χ2v) is 3.19. The summed E-state index contributed by atoms with van der Waals surface area (Å²) in [5.41, 5.74) is 4.72. The Hall–Kier alpha value is -3.16. The average Bonchev–Trinajstić information content (AvgIpc) is 2.44. The molecule has 0 atom stereocenters. The molecule has 0 saturated carbocycles. The predicted molar refractivity (Wildman–Crippen MR) is 76.9 cm³/mol. The largest absolute Gasteiger partial charge is 0.396 e. The number of rotatable bonds is 6. The van der Waals surface area contributed by atoms with Crippen molar-refractivity contribution in [1.82, 2.24) is 10.6 Å². The van der Waals surface area contributed by atoms with Crippen LogP contribution in [0.1, 0.15) is 25.7 Å². The SMILES string of the molecule is N=C=O.N=C=O.N=C=O.NC(=O)NC(=O)NCCCCCCO. The number of amides is 4. The summed E-state index contributed by atoms with van der Waals surface area (Å²) in [6.07, 6.45) is 5.74. The van der Waals surface area contributed by atoms with Crippen molar-refractivity contribution in [2.45, 2.75) is 25.7 Å². The maximum absolute atomic E-state index is 10.8. The van der Waals surface area contributed by atoms with E-state index in [-0.39, 0.29) is 6.61 Å². The van der Waals surface area contributed by atoms with E-state index in [1.165, 1.54) is 0 Å². The van der Waals surface area contributed by atoms with Crippen LogP contribution in [0.2, 0.25) is 0 Å². The summed E-state index contributed by atoms with van der Waals surface area (Å²) in [5, 5.41) is 29.1. The maximum Gasteiger partial charge on any atom is 0.322 e. The first kappa shape index (κ1) is 28.1. The van der Waals surface area contributed by atoms with Crippen molar-refractivity contribution < 1.29 is 29.1 Å². The first-order valence-corrected chi connectivity index (χ1v) is 5.98. The molecule has 12 heteroatoms. The Labute approximate surface area is 132 Å². The van der Waals surface area contributed by atoms with Gasteiger partial charge in [-0.1, -0.05) is 12.8 Å². The third-order valence-electron chi connectivity index (χ3n) is 1.61. The molecule has 130 valence electrons. The molecule has 0 fully saturated rings. The van der Waals surface area contributed by atoms with Crippen molar-refractivity contribution in [3.8, 4) is 0 Å². The molecule has 0 radical (unpaired) electrons.